The minimum Gasteiger partial charge on any atom is -0.508 e. The lowest BCUT2D eigenvalue weighted by atomic mass is 9.51. The molecule has 1 saturated carbocycles. The van der Waals surface area contributed by atoms with Crippen LogP contribution in [0, 0.1) is 36.0 Å². The Kier molecular flexibility index (Phi) is 7.92. The van der Waals surface area contributed by atoms with E-state index in [9.17, 15) is 24.6 Å². The quantitative estimate of drug-likeness (QED) is 0.139. The average molecular weight is 761 g/mol. The van der Waals surface area contributed by atoms with Crippen molar-refractivity contribution in [2.75, 3.05) is 11.4 Å². The van der Waals surface area contributed by atoms with Crippen LogP contribution in [0.2, 0.25) is 5.02 Å². The number of carbonyl (C=O) groups is 4. The van der Waals surface area contributed by atoms with E-state index in [0.29, 0.717) is 34.9 Å². The first-order chi connectivity index (χ1) is 25.9. The second-order valence-corrected chi connectivity index (χ2v) is 16.7. The predicted octanol–water partition coefficient (Wildman–Crippen LogP) is 7.15. The number of amides is 4. The molecular weight excluding hydrogens is 724 g/mol. The molecule has 5 aromatic rings. The molecule has 12 heteroatoms. The van der Waals surface area contributed by atoms with Crippen LogP contribution in [0.15, 0.2) is 84.4 Å². The summed E-state index contributed by atoms with van der Waals surface area (Å²) >= 11 is 7.88. The summed E-state index contributed by atoms with van der Waals surface area (Å²) in [6, 6.07) is 21.0. The Bertz CT molecular complexity index is 2470. The zero-order valence-corrected chi connectivity index (χ0v) is 31.4. The lowest BCUT2D eigenvalue weighted by Gasteiger charge is -2.49. The Morgan fingerprint density at radius 1 is 0.926 bits per heavy atom. The third kappa shape index (κ3) is 5.01. The van der Waals surface area contributed by atoms with Crippen molar-refractivity contribution in [3.05, 3.63) is 106 Å². The molecule has 2 aliphatic heterocycles. The number of rotatable bonds is 6. The maximum Gasteiger partial charge on any atom is 0.242 e. The van der Waals surface area contributed by atoms with E-state index in [1.165, 1.54) is 9.80 Å². The molecule has 0 unspecified atom stereocenters. The van der Waals surface area contributed by atoms with Crippen LogP contribution in [0.25, 0.3) is 20.7 Å². The standard InChI is InChI=1S/C42H37ClN4O6S/c1-21-29-18-24(43)9-14-33(29)54-37(21)32-20-34(45(3)44-32)47-39(51)31-19-30-27(36(42(31,2)41(47)53)23-5-4-6-26(49)17-23)12-13-28-35(30)40(52)46(38(28)50)16-15-22-7-10-25(48)11-8-22/h4-12,14,17-18,20,28,30-31,35-36,48-49H,13,15-16,19H2,1-3H3/t28-,30+,31-,35-,36-,42+/m0/s1. The molecule has 274 valence electrons. The van der Waals surface area contributed by atoms with Crippen molar-refractivity contribution in [1.82, 2.24) is 14.7 Å². The average Bonchev–Trinajstić information content (AvgIpc) is 3.81. The van der Waals surface area contributed by atoms with Gasteiger partial charge in [-0.3, -0.25) is 28.8 Å². The molecule has 9 rings (SSSR count). The Balaban J connectivity index is 1.10. The first-order valence-corrected chi connectivity index (χ1v) is 19.3. The van der Waals surface area contributed by atoms with Crippen molar-refractivity contribution in [2.24, 2.45) is 36.1 Å². The molecule has 2 aliphatic carbocycles. The molecule has 54 heavy (non-hydrogen) atoms. The highest BCUT2D eigenvalue weighted by Crippen LogP contribution is 2.63. The van der Waals surface area contributed by atoms with Crippen LogP contribution in [0.5, 0.6) is 11.5 Å². The van der Waals surface area contributed by atoms with Gasteiger partial charge in [-0.1, -0.05) is 47.5 Å². The van der Waals surface area contributed by atoms with Crippen molar-refractivity contribution in [3.63, 3.8) is 0 Å². The van der Waals surface area contributed by atoms with Gasteiger partial charge in [0.25, 0.3) is 0 Å². The van der Waals surface area contributed by atoms with Gasteiger partial charge in [0.1, 0.15) is 23.0 Å². The zero-order valence-electron chi connectivity index (χ0n) is 29.8. The Labute approximate surface area is 320 Å². The number of hydrogen-bond acceptors (Lipinski definition) is 8. The number of phenolic OH excluding ortho intramolecular Hbond substituents is 2. The van der Waals surface area contributed by atoms with Crippen LogP contribution in [0.4, 0.5) is 5.82 Å². The van der Waals surface area contributed by atoms with E-state index in [1.807, 2.05) is 44.2 Å². The molecular formula is C42H37ClN4O6S. The number of imide groups is 2. The maximum atomic E-state index is 15.0. The number of carbonyl (C=O) groups excluding carboxylic acids is 4. The highest BCUT2D eigenvalue weighted by atomic mass is 35.5. The Morgan fingerprint density at radius 3 is 2.46 bits per heavy atom. The Hall–Kier alpha value is -5.26. The summed E-state index contributed by atoms with van der Waals surface area (Å²) in [5.41, 5.74) is 2.80. The highest BCUT2D eigenvalue weighted by Gasteiger charge is 2.68. The smallest absolute Gasteiger partial charge is 0.242 e. The monoisotopic (exact) mass is 760 g/mol. The number of aryl methyl sites for hydroxylation is 2. The lowest BCUT2D eigenvalue weighted by molar-refractivity contribution is -0.140. The fraction of sp³-hybridized carbons (Fsp3) is 0.310. The van der Waals surface area contributed by atoms with Crippen molar-refractivity contribution in [1.29, 1.82) is 0 Å². The number of nitrogens with zero attached hydrogens (tertiary/aromatic N) is 4. The SMILES string of the molecule is Cc1c(-c2cc(N3C(=O)[C@@H]4C[C@@H]5C(=CC[C@@H]6C(=O)N(CCc7ccc(O)cc7)C(=O)[C@@H]65)[C@H](c5cccc(O)c5)[C@]4(C)C3=O)n(C)n2)sc2ccc(Cl)cc12. The van der Waals surface area contributed by atoms with Gasteiger partial charge in [0.15, 0.2) is 0 Å². The number of benzene rings is 3. The molecule has 2 N–H and O–H groups in total. The molecule has 3 fully saturated rings. The molecule has 0 bridgehead atoms. The molecule has 6 atom stereocenters. The van der Waals surface area contributed by atoms with Gasteiger partial charge in [0.2, 0.25) is 23.6 Å². The van der Waals surface area contributed by atoms with Gasteiger partial charge in [0.05, 0.1) is 28.0 Å². The maximum absolute atomic E-state index is 15.0. The summed E-state index contributed by atoms with van der Waals surface area (Å²) < 4.78 is 2.62. The van der Waals surface area contributed by atoms with Gasteiger partial charge in [-0.15, -0.1) is 11.3 Å². The van der Waals surface area contributed by atoms with Crippen molar-refractivity contribution in [3.8, 4) is 22.1 Å². The lowest BCUT2D eigenvalue weighted by Crippen LogP contribution is -2.48. The third-order valence-corrected chi connectivity index (χ3v) is 13.9. The largest absolute Gasteiger partial charge is 0.508 e. The van der Waals surface area contributed by atoms with Gasteiger partial charge in [0, 0.05) is 35.3 Å². The number of anilines is 1. The van der Waals surface area contributed by atoms with Crippen LogP contribution in [-0.4, -0.2) is 55.1 Å². The number of phenols is 2. The second kappa shape index (κ2) is 12.4. The zero-order chi connectivity index (χ0) is 37.8. The van der Waals surface area contributed by atoms with E-state index in [-0.39, 0.29) is 48.1 Å². The summed E-state index contributed by atoms with van der Waals surface area (Å²) in [7, 11) is 1.72. The summed E-state index contributed by atoms with van der Waals surface area (Å²) in [6.07, 6.45) is 3.02. The van der Waals surface area contributed by atoms with Crippen molar-refractivity contribution >= 4 is 62.5 Å². The van der Waals surface area contributed by atoms with Gasteiger partial charge < -0.3 is 10.2 Å². The third-order valence-electron chi connectivity index (χ3n) is 12.3. The van der Waals surface area contributed by atoms with Crippen LogP contribution in [-0.2, 0) is 32.6 Å². The van der Waals surface area contributed by atoms with E-state index in [4.69, 9.17) is 16.7 Å². The Morgan fingerprint density at radius 2 is 1.70 bits per heavy atom. The number of aromatic hydroxyl groups is 2. The summed E-state index contributed by atoms with van der Waals surface area (Å²) in [4.78, 5) is 61.5. The number of allylic oxidation sites excluding steroid dienone is 2. The molecule has 3 aromatic carbocycles. The fourth-order valence-electron chi connectivity index (χ4n) is 9.72. The molecule has 0 spiro atoms. The number of hydrogen-bond donors (Lipinski definition) is 2. The number of likely N-dealkylation sites (tertiary alicyclic amines) is 1. The van der Waals surface area contributed by atoms with Crippen LogP contribution >= 0.6 is 22.9 Å². The minimum atomic E-state index is -1.25. The number of thiophene rings is 1. The van der Waals surface area contributed by atoms with Crippen LogP contribution < -0.4 is 4.90 Å². The minimum absolute atomic E-state index is 0.0292. The molecule has 2 saturated heterocycles. The van der Waals surface area contributed by atoms with Gasteiger partial charge in [-0.25, -0.2) is 4.90 Å². The molecule has 10 nitrogen and oxygen atoms in total. The van der Waals surface area contributed by atoms with Crippen molar-refractivity contribution < 1.29 is 29.4 Å². The van der Waals surface area contributed by atoms with E-state index in [0.717, 1.165) is 31.7 Å². The van der Waals surface area contributed by atoms with Gasteiger partial charge in [-0.05, 0) is 104 Å². The van der Waals surface area contributed by atoms with Gasteiger partial charge in [-0.2, -0.15) is 5.10 Å². The van der Waals surface area contributed by atoms with Crippen LogP contribution in [0.3, 0.4) is 0 Å². The molecule has 4 aliphatic rings. The topological polar surface area (TPSA) is 133 Å². The predicted molar refractivity (Wildman–Crippen MR) is 205 cm³/mol. The van der Waals surface area contributed by atoms with E-state index in [1.54, 1.807) is 71.6 Å². The molecule has 4 heterocycles. The first kappa shape index (κ1) is 34.5. The normalized spacial score (nSPS) is 26.4. The molecule has 0 radical (unpaired) electrons. The van der Waals surface area contributed by atoms with E-state index < -0.39 is 35.0 Å². The summed E-state index contributed by atoms with van der Waals surface area (Å²) in [6.45, 7) is 4.04. The first-order valence-electron chi connectivity index (χ1n) is 18.1. The van der Waals surface area contributed by atoms with E-state index in [2.05, 4.69) is 0 Å². The van der Waals surface area contributed by atoms with Crippen LogP contribution in [0.1, 0.15) is 42.4 Å². The van der Waals surface area contributed by atoms with Crippen molar-refractivity contribution in [2.45, 2.75) is 39.0 Å². The summed E-state index contributed by atoms with van der Waals surface area (Å²) in [5.74, 6) is -3.85. The molecule has 4 amide bonds. The number of aromatic nitrogens is 2. The molecule has 2 aromatic heterocycles. The van der Waals surface area contributed by atoms with E-state index >= 15 is 4.79 Å². The number of fused-ring (bicyclic) bond motifs is 5. The number of halogens is 1. The summed E-state index contributed by atoms with van der Waals surface area (Å²) in [5, 5.41) is 26.8. The fourth-order valence-corrected chi connectivity index (χ4v) is 11.0. The highest BCUT2D eigenvalue weighted by molar-refractivity contribution is 7.22. The van der Waals surface area contributed by atoms with Gasteiger partial charge >= 0.3 is 0 Å². The second-order valence-electron chi connectivity index (χ2n) is 15.2.